The highest BCUT2D eigenvalue weighted by Crippen LogP contribution is 2.25. The SMILES string of the molecule is O=C(O)c1ccc(NC(=S)Nc2cccc(-c3nc(N4CCOCC4)nc(N4CCOCC4)n3)c2)cc1. The molecule has 37 heavy (non-hydrogen) atoms. The molecule has 0 spiro atoms. The highest BCUT2D eigenvalue weighted by Gasteiger charge is 2.21. The van der Waals surface area contributed by atoms with Gasteiger partial charge in [0.15, 0.2) is 10.9 Å². The topological polar surface area (TPSA) is 125 Å². The third-order valence-electron chi connectivity index (χ3n) is 5.97. The average molecular weight is 522 g/mol. The van der Waals surface area contributed by atoms with Crippen molar-refractivity contribution in [1.82, 2.24) is 15.0 Å². The van der Waals surface area contributed by atoms with E-state index in [4.69, 9.17) is 41.8 Å². The number of carboxylic acids is 1. The maximum Gasteiger partial charge on any atom is 0.335 e. The normalized spacial score (nSPS) is 15.8. The Morgan fingerprint density at radius 1 is 0.811 bits per heavy atom. The van der Waals surface area contributed by atoms with Gasteiger partial charge in [-0.3, -0.25) is 0 Å². The van der Waals surface area contributed by atoms with Crippen LogP contribution in [0.15, 0.2) is 48.5 Å². The van der Waals surface area contributed by atoms with Gasteiger partial charge in [0.05, 0.1) is 32.0 Å². The van der Waals surface area contributed by atoms with Crippen LogP contribution < -0.4 is 20.4 Å². The van der Waals surface area contributed by atoms with Crippen molar-refractivity contribution in [2.75, 3.05) is 73.0 Å². The van der Waals surface area contributed by atoms with Crippen LogP contribution in [0.2, 0.25) is 0 Å². The first-order chi connectivity index (χ1) is 18.0. The number of hydrogen-bond acceptors (Lipinski definition) is 9. The maximum atomic E-state index is 11.1. The number of nitrogens with zero attached hydrogens (tertiary/aromatic N) is 5. The Kier molecular flexibility index (Phi) is 7.68. The molecule has 11 nitrogen and oxygen atoms in total. The van der Waals surface area contributed by atoms with Gasteiger partial charge < -0.3 is 35.0 Å². The molecule has 1 aromatic heterocycles. The van der Waals surface area contributed by atoms with Crippen LogP contribution in [0.3, 0.4) is 0 Å². The highest BCUT2D eigenvalue weighted by molar-refractivity contribution is 7.80. The Balaban J connectivity index is 1.36. The Morgan fingerprint density at radius 2 is 1.38 bits per heavy atom. The van der Waals surface area contributed by atoms with E-state index >= 15 is 0 Å². The van der Waals surface area contributed by atoms with Gasteiger partial charge in [0.2, 0.25) is 11.9 Å². The fourth-order valence-corrected chi connectivity index (χ4v) is 4.25. The summed E-state index contributed by atoms with van der Waals surface area (Å²) in [4.78, 5) is 29.7. The van der Waals surface area contributed by atoms with E-state index in [0.29, 0.717) is 54.9 Å². The van der Waals surface area contributed by atoms with Gasteiger partial charge in [0.1, 0.15) is 0 Å². The van der Waals surface area contributed by atoms with Crippen LogP contribution in [0, 0.1) is 0 Å². The molecular weight excluding hydrogens is 494 g/mol. The van der Waals surface area contributed by atoms with Crippen molar-refractivity contribution >= 4 is 46.6 Å². The number of morpholine rings is 2. The Labute approximate surface area is 219 Å². The molecule has 2 saturated heterocycles. The van der Waals surface area contributed by atoms with Gasteiger partial charge in [-0.05, 0) is 48.6 Å². The summed E-state index contributed by atoms with van der Waals surface area (Å²) in [6, 6.07) is 14.1. The largest absolute Gasteiger partial charge is 0.478 e. The molecule has 0 atom stereocenters. The number of benzene rings is 2. The third kappa shape index (κ3) is 6.28. The number of rotatable bonds is 6. The number of anilines is 4. The molecule has 192 valence electrons. The molecule has 2 aliphatic heterocycles. The molecule has 2 aliphatic rings. The predicted molar refractivity (Wildman–Crippen MR) is 145 cm³/mol. The fourth-order valence-electron chi connectivity index (χ4n) is 4.02. The zero-order valence-corrected chi connectivity index (χ0v) is 20.9. The molecule has 5 rings (SSSR count). The zero-order chi connectivity index (χ0) is 25.6. The van der Waals surface area contributed by atoms with Crippen molar-refractivity contribution in [3.63, 3.8) is 0 Å². The van der Waals surface area contributed by atoms with Gasteiger partial charge in [-0.1, -0.05) is 12.1 Å². The molecule has 0 radical (unpaired) electrons. The molecule has 12 heteroatoms. The maximum absolute atomic E-state index is 11.1. The average Bonchev–Trinajstić information content (AvgIpc) is 2.94. The Bertz CT molecular complexity index is 1230. The first-order valence-corrected chi connectivity index (χ1v) is 12.4. The lowest BCUT2D eigenvalue weighted by Gasteiger charge is -2.30. The second-order valence-electron chi connectivity index (χ2n) is 8.50. The zero-order valence-electron chi connectivity index (χ0n) is 20.1. The van der Waals surface area contributed by atoms with E-state index in [1.54, 1.807) is 12.1 Å². The number of nitrogens with one attached hydrogen (secondary N) is 2. The molecule has 0 aliphatic carbocycles. The number of hydrogen-bond donors (Lipinski definition) is 3. The molecule has 3 aromatic rings. The summed E-state index contributed by atoms with van der Waals surface area (Å²) in [5.74, 6) is 0.867. The summed E-state index contributed by atoms with van der Waals surface area (Å²) in [6.07, 6.45) is 0. The summed E-state index contributed by atoms with van der Waals surface area (Å²) in [7, 11) is 0. The van der Waals surface area contributed by atoms with Crippen LogP contribution in [-0.2, 0) is 9.47 Å². The molecule has 3 heterocycles. The van der Waals surface area contributed by atoms with E-state index in [2.05, 4.69) is 20.4 Å². The lowest BCUT2D eigenvalue weighted by atomic mass is 10.2. The minimum absolute atomic E-state index is 0.211. The summed E-state index contributed by atoms with van der Waals surface area (Å²) >= 11 is 5.46. The minimum atomic E-state index is -0.976. The fraction of sp³-hybridized carbons (Fsp3) is 0.320. The monoisotopic (exact) mass is 521 g/mol. The molecule has 0 amide bonds. The van der Waals surface area contributed by atoms with Crippen molar-refractivity contribution in [2.24, 2.45) is 0 Å². The second-order valence-corrected chi connectivity index (χ2v) is 8.91. The lowest BCUT2D eigenvalue weighted by Crippen LogP contribution is -2.40. The van der Waals surface area contributed by atoms with E-state index in [1.165, 1.54) is 12.1 Å². The Morgan fingerprint density at radius 3 is 1.95 bits per heavy atom. The summed E-state index contributed by atoms with van der Waals surface area (Å²) in [6.45, 7) is 5.44. The number of carboxylic acid groups (broad SMARTS) is 1. The smallest absolute Gasteiger partial charge is 0.335 e. The summed E-state index contributed by atoms with van der Waals surface area (Å²) < 4.78 is 11.0. The van der Waals surface area contributed by atoms with Gasteiger partial charge >= 0.3 is 5.97 Å². The first kappa shape index (κ1) is 24.8. The molecule has 2 aromatic carbocycles. The molecule has 3 N–H and O–H groups in total. The third-order valence-corrected chi connectivity index (χ3v) is 6.17. The van der Waals surface area contributed by atoms with E-state index in [-0.39, 0.29) is 5.56 Å². The minimum Gasteiger partial charge on any atom is -0.478 e. The standard InChI is InChI=1S/C25H27N7O4S/c33-22(34)17-4-6-19(7-5-17)26-25(37)27-20-3-1-2-18(16-20)21-28-23(31-8-12-35-13-9-31)30-24(29-21)32-10-14-36-15-11-32/h1-7,16H,8-15H2,(H,33,34)(H2,26,27,37). The van der Waals surface area contributed by atoms with Crippen molar-refractivity contribution in [3.05, 3.63) is 54.1 Å². The quantitative estimate of drug-likeness (QED) is 0.413. The van der Waals surface area contributed by atoms with E-state index in [0.717, 1.165) is 37.4 Å². The van der Waals surface area contributed by atoms with Crippen LogP contribution >= 0.6 is 12.2 Å². The predicted octanol–water partition coefficient (Wildman–Crippen LogP) is 2.72. The lowest BCUT2D eigenvalue weighted by molar-refractivity contribution is 0.0697. The van der Waals surface area contributed by atoms with Gasteiger partial charge in [0.25, 0.3) is 0 Å². The number of carbonyl (C=O) groups is 1. The number of thiocarbonyl (C=S) groups is 1. The van der Waals surface area contributed by atoms with Crippen LogP contribution in [-0.4, -0.2) is 83.7 Å². The van der Waals surface area contributed by atoms with Crippen molar-refractivity contribution in [2.45, 2.75) is 0 Å². The highest BCUT2D eigenvalue weighted by atomic mass is 32.1. The number of aromatic carboxylic acids is 1. The van der Waals surface area contributed by atoms with Gasteiger partial charge in [-0.15, -0.1) is 0 Å². The van der Waals surface area contributed by atoms with E-state index < -0.39 is 5.97 Å². The molecule has 0 bridgehead atoms. The van der Waals surface area contributed by atoms with Crippen molar-refractivity contribution in [3.8, 4) is 11.4 Å². The Hall–Kier alpha value is -3.87. The van der Waals surface area contributed by atoms with E-state index in [9.17, 15) is 4.79 Å². The second kappa shape index (κ2) is 11.5. The van der Waals surface area contributed by atoms with Crippen LogP contribution in [0.4, 0.5) is 23.3 Å². The van der Waals surface area contributed by atoms with Crippen molar-refractivity contribution in [1.29, 1.82) is 0 Å². The number of aromatic nitrogens is 3. The van der Waals surface area contributed by atoms with Gasteiger partial charge in [-0.25, -0.2) is 4.79 Å². The molecule has 0 saturated carbocycles. The summed E-state index contributed by atoms with van der Waals surface area (Å²) in [5.41, 5.74) is 2.48. The van der Waals surface area contributed by atoms with Gasteiger partial charge in [0, 0.05) is 43.1 Å². The first-order valence-electron chi connectivity index (χ1n) is 12.0. The van der Waals surface area contributed by atoms with Gasteiger partial charge in [-0.2, -0.15) is 15.0 Å². The van der Waals surface area contributed by atoms with Crippen LogP contribution in [0.5, 0.6) is 0 Å². The molecular formula is C25H27N7O4S. The molecule has 2 fully saturated rings. The van der Waals surface area contributed by atoms with E-state index in [1.807, 2.05) is 24.3 Å². The number of ether oxygens (including phenoxy) is 2. The molecule has 0 unspecified atom stereocenters. The van der Waals surface area contributed by atoms with Crippen LogP contribution in [0.25, 0.3) is 11.4 Å². The van der Waals surface area contributed by atoms with Crippen LogP contribution in [0.1, 0.15) is 10.4 Å². The summed E-state index contributed by atoms with van der Waals surface area (Å²) in [5, 5.41) is 15.7. The van der Waals surface area contributed by atoms with Crippen molar-refractivity contribution < 1.29 is 19.4 Å².